The predicted octanol–water partition coefficient (Wildman–Crippen LogP) is 5.93. The molecule has 0 aromatic heterocycles. The van der Waals surface area contributed by atoms with E-state index in [4.69, 9.17) is 14.2 Å². The minimum absolute atomic E-state index is 0.0285. The zero-order chi connectivity index (χ0) is 21.6. The molecular weight excluding hydrogens is 392 g/mol. The Balaban J connectivity index is 1.51. The van der Waals surface area contributed by atoms with E-state index in [2.05, 4.69) is 13.8 Å². The van der Waals surface area contributed by atoms with Gasteiger partial charge in [-0.2, -0.15) is 0 Å². The van der Waals surface area contributed by atoms with E-state index in [1.54, 1.807) is 18.2 Å². The molecule has 3 aromatic carbocycles. The molecule has 0 bridgehead atoms. The Morgan fingerprint density at radius 3 is 2.58 bits per heavy atom. The van der Waals surface area contributed by atoms with Crippen molar-refractivity contribution in [2.24, 2.45) is 0 Å². The minimum Gasteiger partial charge on any atom is -0.507 e. The average molecular weight is 416 g/mol. The van der Waals surface area contributed by atoms with Gasteiger partial charge >= 0.3 is 0 Å². The highest BCUT2D eigenvalue weighted by Gasteiger charge is 2.30. The van der Waals surface area contributed by atoms with Crippen molar-refractivity contribution < 1.29 is 24.4 Å². The summed E-state index contributed by atoms with van der Waals surface area (Å²) in [7, 11) is 0. The fourth-order valence-electron chi connectivity index (χ4n) is 4.07. The first-order valence-corrected chi connectivity index (χ1v) is 10.4. The summed E-state index contributed by atoms with van der Waals surface area (Å²) in [6.45, 7) is 4.49. The van der Waals surface area contributed by atoms with Crippen LogP contribution < -0.4 is 14.2 Å². The molecule has 0 atom stereocenters. The molecule has 2 aliphatic heterocycles. The van der Waals surface area contributed by atoms with Crippen LogP contribution in [0.15, 0.2) is 54.6 Å². The molecule has 2 heterocycles. The van der Waals surface area contributed by atoms with Gasteiger partial charge in [0.1, 0.15) is 35.2 Å². The van der Waals surface area contributed by atoms with Gasteiger partial charge in [-0.1, -0.05) is 18.2 Å². The lowest BCUT2D eigenvalue weighted by atomic mass is 9.91. The second kappa shape index (κ2) is 7.27. The SMILES string of the molecule is CC1(C)CCc2c(ccc3c2OCC(c2cc(Oc4ccccc4)c(O)cc2O)=C3)O1. The van der Waals surface area contributed by atoms with Crippen LogP contribution in [0.1, 0.15) is 37.0 Å². The van der Waals surface area contributed by atoms with E-state index < -0.39 is 0 Å². The van der Waals surface area contributed by atoms with Gasteiger partial charge < -0.3 is 24.4 Å². The van der Waals surface area contributed by atoms with Crippen LogP contribution in [-0.4, -0.2) is 22.4 Å². The molecule has 31 heavy (non-hydrogen) atoms. The Kier molecular flexibility index (Phi) is 4.54. The Morgan fingerprint density at radius 2 is 1.77 bits per heavy atom. The maximum absolute atomic E-state index is 10.5. The summed E-state index contributed by atoms with van der Waals surface area (Å²) >= 11 is 0. The third kappa shape index (κ3) is 3.67. The van der Waals surface area contributed by atoms with Gasteiger partial charge in [0.05, 0.1) is 0 Å². The van der Waals surface area contributed by atoms with Crippen LogP contribution >= 0.6 is 0 Å². The summed E-state index contributed by atoms with van der Waals surface area (Å²) in [6, 6.07) is 16.1. The van der Waals surface area contributed by atoms with Gasteiger partial charge in [0.15, 0.2) is 11.5 Å². The Hall–Kier alpha value is -3.60. The Morgan fingerprint density at radius 1 is 0.968 bits per heavy atom. The Bertz CT molecular complexity index is 1180. The summed E-state index contributed by atoms with van der Waals surface area (Å²) in [4.78, 5) is 0. The van der Waals surface area contributed by atoms with Crippen LogP contribution in [0.2, 0.25) is 0 Å². The quantitative estimate of drug-likeness (QED) is 0.554. The first-order chi connectivity index (χ1) is 14.9. The van der Waals surface area contributed by atoms with E-state index in [1.165, 1.54) is 6.07 Å². The minimum atomic E-state index is -0.177. The number of para-hydroxylation sites is 1. The van der Waals surface area contributed by atoms with Crippen molar-refractivity contribution in [1.82, 2.24) is 0 Å². The van der Waals surface area contributed by atoms with Crippen molar-refractivity contribution >= 4 is 11.6 Å². The fourth-order valence-corrected chi connectivity index (χ4v) is 4.07. The second-order valence-electron chi connectivity index (χ2n) is 8.53. The number of hydrogen-bond acceptors (Lipinski definition) is 5. The molecule has 5 nitrogen and oxygen atoms in total. The molecule has 0 amide bonds. The monoisotopic (exact) mass is 416 g/mol. The highest BCUT2D eigenvalue weighted by atomic mass is 16.5. The zero-order valence-corrected chi connectivity index (χ0v) is 17.5. The average Bonchev–Trinajstić information content (AvgIpc) is 2.75. The van der Waals surface area contributed by atoms with Crippen LogP contribution in [0, 0.1) is 0 Å². The topological polar surface area (TPSA) is 68.2 Å². The van der Waals surface area contributed by atoms with Crippen LogP contribution in [0.3, 0.4) is 0 Å². The fraction of sp³-hybridized carbons (Fsp3) is 0.231. The van der Waals surface area contributed by atoms with Crippen molar-refractivity contribution in [2.45, 2.75) is 32.3 Å². The third-order valence-corrected chi connectivity index (χ3v) is 5.71. The molecular formula is C26H24O5. The smallest absolute Gasteiger partial charge is 0.169 e. The summed E-state index contributed by atoms with van der Waals surface area (Å²) < 4.78 is 18.1. The third-order valence-electron chi connectivity index (χ3n) is 5.71. The number of rotatable bonds is 3. The standard InChI is InChI=1S/C26H24O5/c1-26(2)11-10-19-23(31-26)9-8-16-12-17(15-29-25(16)19)20-13-24(22(28)14-21(20)27)30-18-6-4-3-5-7-18/h3-9,12-14,27-28H,10-11,15H2,1-2H3. The van der Waals surface area contributed by atoms with Crippen molar-refractivity contribution in [3.8, 4) is 34.5 Å². The lowest BCUT2D eigenvalue weighted by Gasteiger charge is -2.34. The summed E-state index contributed by atoms with van der Waals surface area (Å²) in [5.41, 5.74) is 3.23. The normalized spacial score (nSPS) is 16.3. The number of benzene rings is 3. The molecule has 2 N–H and O–H groups in total. The largest absolute Gasteiger partial charge is 0.507 e. The van der Waals surface area contributed by atoms with Crippen LogP contribution in [0.25, 0.3) is 11.6 Å². The highest BCUT2D eigenvalue weighted by Crippen LogP contribution is 2.45. The molecule has 0 saturated carbocycles. The van der Waals surface area contributed by atoms with Gasteiger partial charge in [0.2, 0.25) is 0 Å². The summed E-state index contributed by atoms with van der Waals surface area (Å²) in [5.74, 6) is 2.43. The van der Waals surface area contributed by atoms with E-state index >= 15 is 0 Å². The first kappa shape index (κ1) is 19.4. The van der Waals surface area contributed by atoms with Crippen molar-refractivity contribution in [1.29, 1.82) is 0 Å². The first-order valence-electron chi connectivity index (χ1n) is 10.4. The van der Waals surface area contributed by atoms with Gasteiger partial charge in [-0.15, -0.1) is 0 Å². The highest BCUT2D eigenvalue weighted by molar-refractivity contribution is 5.89. The number of ether oxygens (including phenoxy) is 3. The van der Waals surface area contributed by atoms with E-state index in [9.17, 15) is 10.2 Å². The predicted molar refractivity (Wildman–Crippen MR) is 119 cm³/mol. The van der Waals surface area contributed by atoms with Gasteiger partial charge in [-0.3, -0.25) is 0 Å². The summed E-state index contributed by atoms with van der Waals surface area (Å²) in [6.07, 6.45) is 3.83. The molecule has 0 saturated heterocycles. The van der Waals surface area contributed by atoms with Crippen LogP contribution in [0.4, 0.5) is 0 Å². The number of aromatic hydroxyl groups is 2. The molecule has 0 aliphatic carbocycles. The maximum Gasteiger partial charge on any atom is 0.169 e. The molecule has 0 radical (unpaired) electrons. The lowest BCUT2D eigenvalue weighted by Crippen LogP contribution is -2.33. The van der Waals surface area contributed by atoms with Crippen LogP contribution in [-0.2, 0) is 6.42 Å². The molecule has 5 rings (SSSR count). The second-order valence-corrected chi connectivity index (χ2v) is 8.53. The zero-order valence-electron chi connectivity index (χ0n) is 17.5. The van der Waals surface area contributed by atoms with Gasteiger partial charge in [0.25, 0.3) is 0 Å². The van der Waals surface area contributed by atoms with Crippen molar-refractivity contribution in [2.75, 3.05) is 6.61 Å². The summed E-state index contributed by atoms with van der Waals surface area (Å²) in [5, 5.41) is 20.8. The van der Waals surface area contributed by atoms with Gasteiger partial charge in [-0.05, 0) is 63.1 Å². The number of hydrogen-bond donors (Lipinski definition) is 2. The number of phenols is 2. The molecule has 5 heteroatoms. The number of fused-ring (bicyclic) bond motifs is 3. The van der Waals surface area contributed by atoms with Crippen molar-refractivity contribution in [3.05, 3.63) is 71.3 Å². The maximum atomic E-state index is 10.5. The van der Waals surface area contributed by atoms with Gasteiger partial charge in [0, 0.05) is 28.3 Å². The molecule has 3 aromatic rings. The number of phenolic OH excluding ortho intramolecular Hbond substituents is 2. The van der Waals surface area contributed by atoms with Gasteiger partial charge in [-0.25, -0.2) is 0 Å². The molecule has 158 valence electrons. The van der Waals surface area contributed by atoms with E-state index in [0.29, 0.717) is 17.9 Å². The molecule has 2 aliphatic rings. The molecule has 0 unspecified atom stereocenters. The van der Waals surface area contributed by atoms with E-state index in [1.807, 2.05) is 36.4 Å². The van der Waals surface area contributed by atoms with E-state index in [0.717, 1.165) is 41.0 Å². The Labute approximate surface area is 181 Å². The van der Waals surface area contributed by atoms with Crippen molar-refractivity contribution in [3.63, 3.8) is 0 Å². The van der Waals surface area contributed by atoms with Crippen LogP contribution in [0.5, 0.6) is 34.5 Å². The molecule has 0 fully saturated rings. The van der Waals surface area contributed by atoms with E-state index in [-0.39, 0.29) is 22.8 Å². The lowest BCUT2D eigenvalue weighted by molar-refractivity contribution is 0.0834. The molecule has 0 spiro atoms.